The van der Waals surface area contributed by atoms with Crippen molar-refractivity contribution in [3.63, 3.8) is 0 Å². The zero-order valence-corrected chi connectivity index (χ0v) is 10.4. The Balaban J connectivity index is 2.50. The minimum Gasteiger partial charge on any atom is -0.341 e. The lowest BCUT2D eigenvalue weighted by atomic mass is 9.98. The van der Waals surface area contributed by atoms with Gasteiger partial charge in [-0.3, -0.25) is 4.79 Å². The average Bonchev–Trinajstić information content (AvgIpc) is 3.07. The molecule has 2 N–H and O–H groups in total. The Morgan fingerprint density at radius 2 is 2.00 bits per heavy atom. The summed E-state index contributed by atoms with van der Waals surface area (Å²) in [6, 6.07) is 0.0220. The van der Waals surface area contributed by atoms with Gasteiger partial charge < -0.3 is 10.6 Å². The fourth-order valence-electron chi connectivity index (χ4n) is 1.83. The van der Waals surface area contributed by atoms with Crippen LogP contribution in [0.5, 0.6) is 0 Å². The van der Waals surface area contributed by atoms with E-state index in [2.05, 4.69) is 13.8 Å². The Labute approximate surface area is 93.0 Å². The molecule has 1 saturated carbocycles. The van der Waals surface area contributed by atoms with Gasteiger partial charge in [-0.05, 0) is 31.6 Å². The summed E-state index contributed by atoms with van der Waals surface area (Å²) in [7, 11) is 1.88. The molecule has 0 radical (unpaired) electrons. The Morgan fingerprint density at radius 1 is 1.47 bits per heavy atom. The minimum absolute atomic E-state index is 0.101. The van der Waals surface area contributed by atoms with Crippen molar-refractivity contribution in [3.05, 3.63) is 0 Å². The maximum absolute atomic E-state index is 12.0. The maximum atomic E-state index is 12.0. The first kappa shape index (κ1) is 12.5. The normalized spacial score (nSPS) is 21.9. The molecule has 0 heterocycles. The van der Waals surface area contributed by atoms with Crippen LogP contribution in [-0.4, -0.2) is 29.9 Å². The van der Waals surface area contributed by atoms with Crippen molar-refractivity contribution in [1.82, 2.24) is 4.90 Å². The molecule has 1 unspecified atom stereocenters. The quantitative estimate of drug-likeness (QED) is 0.752. The molecular weight excluding hydrogens is 188 g/mol. The highest BCUT2D eigenvalue weighted by Gasteiger charge is 2.34. The van der Waals surface area contributed by atoms with E-state index in [1.54, 1.807) is 0 Å². The first-order valence-electron chi connectivity index (χ1n) is 6.01. The van der Waals surface area contributed by atoms with E-state index in [1.807, 2.05) is 18.9 Å². The SMILES string of the molecule is CC[C@H](C)[C@H](N)C(=O)N(C)C(C)C1CC1. The summed E-state index contributed by atoms with van der Waals surface area (Å²) in [6.07, 6.45) is 3.48. The summed E-state index contributed by atoms with van der Waals surface area (Å²) in [5.74, 6) is 1.08. The van der Waals surface area contributed by atoms with Crippen molar-refractivity contribution in [2.24, 2.45) is 17.6 Å². The van der Waals surface area contributed by atoms with Crippen LogP contribution in [0.25, 0.3) is 0 Å². The van der Waals surface area contributed by atoms with Crippen molar-refractivity contribution >= 4 is 5.91 Å². The summed E-state index contributed by atoms with van der Waals surface area (Å²) in [6.45, 7) is 6.24. The van der Waals surface area contributed by atoms with Gasteiger partial charge in [-0.2, -0.15) is 0 Å². The third-order valence-electron chi connectivity index (χ3n) is 3.80. The smallest absolute Gasteiger partial charge is 0.239 e. The van der Waals surface area contributed by atoms with Crippen LogP contribution >= 0.6 is 0 Å². The van der Waals surface area contributed by atoms with Gasteiger partial charge in [0.2, 0.25) is 5.91 Å². The second-order valence-electron chi connectivity index (χ2n) is 4.94. The molecule has 0 spiro atoms. The topological polar surface area (TPSA) is 46.3 Å². The van der Waals surface area contributed by atoms with E-state index in [0.29, 0.717) is 12.0 Å². The summed E-state index contributed by atoms with van der Waals surface area (Å²) in [5, 5.41) is 0. The monoisotopic (exact) mass is 212 g/mol. The first-order valence-corrected chi connectivity index (χ1v) is 6.01. The zero-order valence-electron chi connectivity index (χ0n) is 10.4. The van der Waals surface area contributed by atoms with Gasteiger partial charge in [0.25, 0.3) is 0 Å². The molecule has 0 aliphatic heterocycles. The summed E-state index contributed by atoms with van der Waals surface area (Å²) >= 11 is 0. The Bertz CT molecular complexity index is 226. The molecule has 88 valence electrons. The highest BCUT2D eigenvalue weighted by Crippen LogP contribution is 2.34. The number of hydrogen-bond donors (Lipinski definition) is 1. The standard InChI is InChI=1S/C12H24N2O/c1-5-8(2)11(13)12(15)14(4)9(3)10-6-7-10/h8-11H,5-7,13H2,1-4H3/t8-,9?,11-/m0/s1. The molecule has 3 heteroatoms. The van der Waals surface area contributed by atoms with Crippen LogP contribution in [0, 0.1) is 11.8 Å². The van der Waals surface area contributed by atoms with E-state index in [9.17, 15) is 4.79 Å². The van der Waals surface area contributed by atoms with Gasteiger partial charge in [0, 0.05) is 13.1 Å². The summed E-state index contributed by atoms with van der Waals surface area (Å²) in [5.41, 5.74) is 5.94. The number of likely N-dealkylation sites (N-methyl/N-ethyl adjacent to an activating group) is 1. The number of rotatable bonds is 5. The predicted octanol–water partition coefficient (Wildman–Crippen LogP) is 1.62. The largest absolute Gasteiger partial charge is 0.341 e. The lowest BCUT2D eigenvalue weighted by molar-refractivity contribution is -0.134. The molecule has 3 nitrogen and oxygen atoms in total. The molecule has 0 aromatic carbocycles. The van der Waals surface area contributed by atoms with Crippen LogP contribution in [0.2, 0.25) is 0 Å². The number of nitrogens with zero attached hydrogens (tertiary/aromatic N) is 1. The molecule has 0 aromatic heterocycles. The summed E-state index contributed by atoms with van der Waals surface area (Å²) in [4.78, 5) is 13.9. The summed E-state index contributed by atoms with van der Waals surface area (Å²) < 4.78 is 0. The van der Waals surface area contributed by atoms with Crippen LogP contribution in [0.1, 0.15) is 40.0 Å². The molecule has 1 amide bonds. The number of nitrogens with two attached hydrogens (primary N) is 1. The molecule has 1 aliphatic rings. The van der Waals surface area contributed by atoms with Gasteiger partial charge in [-0.25, -0.2) is 0 Å². The second kappa shape index (κ2) is 4.97. The second-order valence-corrected chi connectivity index (χ2v) is 4.94. The predicted molar refractivity (Wildman–Crippen MR) is 62.4 cm³/mol. The zero-order chi connectivity index (χ0) is 11.6. The van der Waals surface area contributed by atoms with E-state index in [1.165, 1.54) is 12.8 Å². The van der Waals surface area contributed by atoms with E-state index in [4.69, 9.17) is 5.73 Å². The van der Waals surface area contributed by atoms with Gasteiger partial charge >= 0.3 is 0 Å². The minimum atomic E-state index is -0.332. The van der Waals surface area contributed by atoms with Crippen LogP contribution in [0.4, 0.5) is 0 Å². The lowest BCUT2D eigenvalue weighted by Gasteiger charge is -2.29. The van der Waals surface area contributed by atoms with Crippen molar-refractivity contribution in [2.75, 3.05) is 7.05 Å². The van der Waals surface area contributed by atoms with Crippen LogP contribution < -0.4 is 5.73 Å². The third kappa shape index (κ3) is 2.94. The highest BCUT2D eigenvalue weighted by atomic mass is 16.2. The Kier molecular flexibility index (Phi) is 4.14. The fourth-order valence-corrected chi connectivity index (χ4v) is 1.83. The molecular formula is C12H24N2O. The van der Waals surface area contributed by atoms with Gasteiger partial charge in [0.1, 0.15) is 0 Å². The van der Waals surface area contributed by atoms with E-state index >= 15 is 0 Å². The van der Waals surface area contributed by atoms with Crippen molar-refractivity contribution in [2.45, 2.75) is 52.1 Å². The molecule has 1 fully saturated rings. The molecule has 15 heavy (non-hydrogen) atoms. The van der Waals surface area contributed by atoms with Crippen LogP contribution in [0.15, 0.2) is 0 Å². The van der Waals surface area contributed by atoms with E-state index < -0.39 is 0 Å². The number of carbonyl (C=O) groups is 1. The van der Waals surface area contributed by atoms with Gasteiger partial charge in [-0.1, -0.05) is 20.3 Å². The number of hydrogen-bond acceptors (Lipinski definition) is 2. The third-order valence-corrected chi connectivity index (χ3v) is 3.80. The molecule has 0 bridgehead atoms. The van der Waals surface area contributed by atoms with Crippen molar-refractivity contribution < 1.29 is 4.79 Å². The van der Waals surface area contributed by atoms with Gasteiger partial charge in [0.15, 0.2) is 0 Å². The average molecular weight is 212 g/mol. The molecule has 3 atom stereocenters. The maximum Gasteiger partial charge on any atom is 0.239 e. The Morgan fingerprint density at radius 3 is 2.40 bits per heavy atom. The van der Waals surface area contributed by atoms with Crippen molar-refractivity contribution in [1.29, 1.82) is 0 Å². The first-order chi connectivity index (χ1) is 6.99. The Hall–Kier alpha value is -0.570. The van der Waals surface area contributed by atoms with E-state index in [0.717, 1.165) is 6.42 Å². The number of carbonyl (C=O) groups excluding carboxylic acids is 1. The number of amides is 1. The van der Waals surface area contributed by atoms with E-state index in [-0.39, 0.29) is 17.9 Å². The van der Waals surface area contributed by atoms with Gasteiger partial charge in [0.05, 0.1) is 6.04 Å². The molecule has 0 aromatic rings. The lowest BCUT2D eigenvalue weighted by Crippen LogP contribution is -2.49. The molecule has 1 aliphatic carbocycles. The van der Waals surface area contributed by atoms with Crippen LogP contribution in [0.3, 0.4) is 0 Å². The molecule has 1 rings (SSSR count). The molecule has 0 saturated heterocycles. The highest BCUT2D eigenvalue weighted by molar-refractivity contribution is 5.82. The van der Waals surface area contributed by atoms with Crippen molar-refractivity contribution in [3.8, 4) is 0 Å². The fraction of sp³-hybridized carbons (Fsp3) is 0.917. The van der Waals surface area contributed by atoms with Gasteiger partial charge in [-0.15, -0.1) is 0 Å². The van der Waals surface area contributed by atoms with Crippen LogP contribution in [-0.2, 0) is 4.79 Å².